The topological polar surface area (TPSA) is 165 Å². The normalized spacial score (nSPS) is 15.8. The third-order valence-electron chi connectivity index (χ3n) is 3.92. The molecular formula is C16H30N4O5. The Morgan fingerprint density at radius 3 is 1.92 bits per heavy atom. The molecule has 0 aromatic rings. The summed E-state index contributed by atoms with van der Waals surface area (Å²) in [5, 5.41) is 13.9. The molecule has 7 N–H and O–H groups in total. The van der Waals surface area contributed by atoms with Crippen molar-refractivity contribution in [3.8, 4) is 0 Å². The van der Waals surface area contributed by atoms with Gasteiger partial charge in [0.2, 0.25) is 17.7 Å². The minimum atomic E-state index is -1.44. The highest BCUT2D eigenvalue weighted by Crippen LogP contribution is 2.09. The molecule has 0 aliphatic carbocycles. The van der Waals surface area contributed by atoms with Gasteiger partial charge in [0.25, 0.3) is 0 Å². The molecule has 4 unspecified atom stereocenters. The van der Waals surface area contributed by atoms with Crippen LogP contribution in [0.25, 0.3) is 0 Å². The van der Waals surface area contributed by atoms with Crippen LogP contribution in [-0.4, -0.2) is 46.9 Å². The molecule has 0 bridgehead atoms. The highest BCUT2D eigenvalue weighted by Gasteiger charge is 2.30. The lowest BCUT2D eigenvalue weighted by molar-refractivity contribution is -0.143. The summed E-state index contributed by atoms with van der Waals surface area (Å²) >= 11 is 0. The fraction of sp³-hybridized carbons (Fsp3) is 0.750. The molecule has 9 nitrogen and oxygen atoms in total. The number of primary amides is 1. The molecule has 0 fully saturated rings. The minimum absolute atomic E-state index is 0.0651. The van der Waals surface area contributed by atoms with Gasteiger partial charge in [0.15, 0.2) is 0 Å². The number of carbonyl (C=O) groups excluding carboxylic acids is 3. The second-order valence-corrected chi connectivity index (χ2v) is 6.67. The largest absolute Gasteiger partial charge is 0.480 e. The number of carboxylic acids is 1. The summed E-state index contributed by atoms with van der Waals surface area (Å²) in [7, 11) is 0. The van der Waals surface area contributed by atoms with E-state index in [2.05, 4.69) is 10.6 Å². The number of amides is 3. The maximum Gasteiger partial charge on any atom is 0.326 e. The molecule has 0 rings (SSSR count). The average molecular weight is 358 g/mol. The van der Waals surface area contributed by atoms with Gasteiger partial charge in [0.05, 0.1) is 12.5 Å². The van der Waals surface area contributed by atoms with E-state index in [1.54, 1.807) is 0 Å². The summed E-state index contributed by atoms with van der Waals surface area (Å²) in [6, 6.07) is -3.16. The fourth-order valence-corrected chi connectivity index (χ4v) is 2.16. The molecule has 0 aliphatic heterocycles. The highest BCUT2D eigenvalue weighted by atomic mass is 16.4. The Labute approximate surface area is 147 Å². The zero-order chi connectivity index (χ0) is 19.7. The quantitative estimate of drug-likeness (QED) is 0.329. The van der Waals surface area contributed by atoms with Gasteiger partial charge in [-0.15, -0.1) is 0 Å². The van der Waals surface area contributed by atoms with Crippen molar-refractivity contribution in [2.24, 2.45) is 23.3 Å². The molecular weight excluding hydrogens is 328 g/mol. The van der Waals surface area contributed by atoms with Gasteiger partial charge in [-0.25, -0.2) is 4.79 Å². The second-order valence-electron chi connectivity index (χ2n) is 6.67. The third kappa shape index (κ3) is 8.48. The number of nitrogens with one attached hydrogen (secondary N) is 2. The molecule has 0 saturated carbocycles. The van der Waals surface area contributed by atoms with E-state index < -0.39 is 48.2 Å². The van der Waals surface area contributed by atoms with Crippen molar-refractivity contribution >= 4 is 23.7 Å². The van der Waals surface area contributed by atoms with Crippen LogP contribution in [0.2, 0.25) is 0 Å². The first-order chi connectivity index (χ1) is 11.5. The molecule has 0 heterocycles. The van der Waals surface area contributed by atoms with E-state index in [4.69, 9.17) is 16.6 Å². The maximum atomic E-state index is 12.4. The van der Waals surface area contributed by atoms with E-state index in [1.165, 1.54) is 0 Å². The summed E-state index contributed by atoms with van der Waals surface area (Å²) in [6.07, 6.45) is 0.471. The number of rotatable bonds is 11. The smallest absolute Gasteiger partial charge is 0.326 e. The molecule has 4 atom stereocenters. The standard InChI is InChI=1S/C16H30N4O5/c1-5-9(4)13(18)15(23)19-10(6-8(2)3)14(22)20-11(16(24)25)7-12(17)21/h8-11,13H,5-7,18H2,1-4H3,(H2,17,21)(H,19,23)(H,20,22)(H,24,25). The van der Waals surface area contributed by atoms with Crippen LogP contribution in [0, 0.1) is 11.8 Å². The zero-order valence-electron chi connectivity index (χ0n) is 15.2. The van der Waals surface area contributed by atoms with Crippen LogP contribution >= 0.6 is 0 Å². The van der Waals surface area contributed by atoms with Crippen molar-refractivity contribution in [2.45, 2.75) is 65.1 Å². The van der Waals surface area contributed by atoms with E-state index in [0.29, 0.717) is 12.8 Å². The molecule has 0 aromatic heterocycles. The van der Waals surface area contributed by atoms with Crippen LogP contribution in [-0.2, 0) is 19.2 Å². The molecule has 0 radical (unpaired) electrons. The first kappa shape index (κ1) is 22.8. The van der Waals surface area contributed by atoms with Crippen molar-refractivity contribution in [1.29, 1.82) is 0 Å². The molecule has 0 saturated heterocycles. The van der Waals surface area contributed by atoms with E-state index in [9.17, 15) is 19.2 Å². The van der Waals surface area contributed by atoms with Gasteiger partial charge < -0.3 is 27.2 Å². The van der Waals surface area contributed by atoms with Crippen molar-refractivity contribution in [1.82, 2.24) is 10.6 Å². The second kappa shape index (κ2) is 10.7. The first-order valence-electron chi connectivity index (χ1n) is 8.36. The Balaban J connectivity index is 5.11. The van der Waals surface area contributed by atoms with Crippen LogP contribution < -0.4 is 22.1 Å². The van der Waals surface area contributed by atoms with E-state index in [0.717, 1.165) is 0 Å². The summed E-state index contributed by atoms with van der Waals surface area (Å²) in [5.74, 6) is -3.39. The lowest BCUT2D eigenvalue weighted by atomic mass is 9.97. The van der Waals surface area contributed by atoms with Gasteiger partial charge in [-0.1, -0.05) is 34.1 Å². The van der Waals surface area contributed by atoms with Crippen molar-refractivity contribution < 1.29 is 24.3 Å². The number of aliphatic carboxylic acids is 1. The monoisotopic (exact) mass is 358 g/mol. The third-order valence-corrected chi connectivity index (χ3v) is 3.92. The summed E-state index contributed by atoms with van der Waals surface area (Å²) in [4.78, 5) is 46.7. The fourth-order valence-electron chi connectivity index (χ4n) is 2.16. The van der Waals surface area contributed by atoms with Crippen LogP contribution in [0.4, 0.5) is 0 Å². The Morgan fingerprint density at radius 1 is 1.00 bits per heavy atom. The van der Waals surface area contributed by atoms with Crippen LogP contribution in [0.3, 0.4) is 0 Å². The highest BCUT2D eigenvalue weighted by molar-refractivity contribution is 5.93. The van der Waals surface area contributed by atoms with Gasteiger partial charge in [0, 0.05) is 0 Å². The number of carboxylic acid groups (broad SMARTS) is 1. The minimum Gasteiger partial charge on any atom is -0.480 e. The maximum absolute atomic E-state index is 12.4. The number of nitrogens with two attached hydrogens (primary N) is 2. The zero-order valence-corrected chi connectivity index (χ0v) is 15.2. The Bertz CT molecular complexity index is 495. The Hall–Kier alpha value is -2.16. The molecule has 3 amide bonds. The Kier molecular flexibility index (Phi) is 9.73. The van der Waals surface area contributed by atoms with Gasteiger partial charge in [0.1, 0.15) is 12.1 Å². The summed E-state index contributed by atoms with van der Waals surface area (Å²) in [5.41, 5.74) is 10.9. The lowest BCUT2D eigenvalue weighted by Crippen LogP contribution is -2.56. The molecule has 0 spiro atoms. The summed E-state index contributed by atoms with van der Waals surface area (Å²) < 4.78 is 0. The van der Waals surface area contributed by atoms with Crippen LogP contribution in [0.15, 0.2) is 0 Å². The molecule has 0 aliphatic rings. The van der Waals surface area contributed by atoms with Crippen LogP contribution in [0.1, 0.15) is 47.0 Å². The van der Waals surface area contributed by atoms with Crippen LogP contribution in [0.5, 0.6) is 0 Å². The number of hydrogen-bond donors (Lipinski definition) is 5. The molecule has 25 heavy (non-hydrogen) atoms. The Morgan fingerprint density at radius 2 is 1.52 bits per heavy atom. The number of carbonyl (C=O) groups is 4. The predicted molar refractivity (Wildman–Crippen MR) is 92.2 cm³/mol. The average Bonchev–Trinajstić information content (AvgIpc) is 2.50. The lowest BCUT2D eigenvalue weighted by Gasteiger charge is -2.25. The van der Waals surface area contributed by atoms with E-state index in [-0.39, 0.29) is 11.8 Å². The van der Waals surface area contributed by atoms with Crippen molar-refractivity contribution in [2.75, 3.05) is 0 Å². The first-order valence-corrected chi connectivity index (χ1v) is 8.36. The van der Waals surface area contributed by atoms with Gasteiger partial charge in [-0.05, 0) is 18.3 Å². The van der Waals surface area contributed by atoms with Gasteiger partial charge in [-0.3, -0.25) is 14.4 Å². The molecule has 0 aromatic carbocycles. The van der Waals surface area contributed by atoms with E-state index >= 15 is 0 Å². The van der Waals surface area contributed by atoms with Crippen molar-refractivity contribution in [3.05, 3.63) is 0 Å². The van der Waals surface area contributed by atoms with E-state index in [1.807, 2.05) is 27.7 Å². The number of hydrogen-bond acceptors (Lipinski definition) is 5. The van der Waals surface area contributed by atoms with Gasteiger partial charge >= 0.3 is 5.97 Å². The molecule has 9 heteroatoms. The summed E-state index contributed by atoms with van der Waals surface area (Å²) in [6.45, 7) is 7.45. The predicted octanol–water partition coefficient (Wildman–Crippen LogP) is -0.664. The SMILES string of the molecule is CCC(C)C(N)C(=O)NC(CC(C)C)C(=O)NC(CC(N)=O)C(=O)O. The van der Waals surface area contributed by atoms with Crippen molar-refractivity contribution in [3.63, 3.8) is 0 Å². The van der Waals surface area contributed by atoms with Gasteiger partial charge in [-0.2, -0.15) is 0 Å². The molecule has 144 valence electrons.